The van der Waals surface area contributed by atoms with Crippen LogP contribution in [0.1, 0.15) is 0 Å². The summed E-state index contributed by atoms with van der Waals surface area (Å²) >= 11 is 3.74. The van der Waals surface area contributed by atoms with E-state index in [1.54, 1.807) is 0 Å². The van der Waals surface area contributed by atoms with Gasteiger partial charge in [-0.3, -0.25) is 15.4 Å². The Morgan fingerprint density at radius 1 is 1.42 bits per heavy atom. The van der Waals surface area contributed by atoms with Gasteiger partial charge in [-0.15, -0.1) is 0 Å². The number of thiol groups is 1. The zero-order valence-corrected chi connectivity index (χ0v) is 6.97. The van der Waals surface area contributed by atoms with Gasteiger partial charge in [-0.05, 0) is 0 Å². The third-order valence-electron chi connectivity index (χ3n) is 1.92. The molecule has 2 aliphatic rings. The van der Waals surface area contributed by atoms with Crippen LogP contribution in [0.25, 0.3) is 0 Å². The summed E-state index contributed by atoms with van der Waals surface area (Å²) in [4.78, 5) is 22.3. The molecule has 0 saturated carbocycles. The molecule has 7 heteroatoms. The first-order valence-corrected chi connectivity index (χ1v) is 3.90. The van der Waals surface area contributed by atoms with E-state index in [0.717, 1.165) is 4.31 Å². The number of carbonyl (C=O) groups excluding carboxylic acids is 2. The molecule has 2 saturated heterocycles. The van der Waals surface area contributed by atoms with Crippen molar-refractivity contribution in [1.29, 1.82) is 0 Å². The molecule has 12 heavy (non-hydrogen) atoms. The number of carbonyl (C=O) groups is 2. The number of hydrogen-bond acceptors (Lipinski definition) is 5. The number of nitrogens with one attached hydrogen (secondary N) is 3. The number of nitrogens with zero attached hydrogens (tertiary/aromatic N) is 1. The quantitative estimate of drug-likeness (QED) is 0.339. The van der Waals surface area contributed by atoms with Gasteiger partial charge in [0.05, 0.1) is 0 Å². The molecule has 0 aromatic heterocycles. The highest BCUT2D eigenvalue weighted by atomic mass is 32.1. The van der Waals surface area contributed by atoms with Gasteiger partial charge >= 0.3 is 6.03 Å². The zero-order valence-electron chi connectivity index (χ0n) is 6.07. The van der Waals surface area contributed by atoms with Gasteiger partial charge in [0.15, 0.2) is 0 Å². The fourth-order valence-corrected chi connectivity index (χ4v) is 1.49. The summed E-state index contributed by atoms with van der Waals surface area (Å²) in [5.74, 6) is -0.322. The van der Waals surface area contributed by atoms with Crippen molar-refractivity contribution >= 4 is 24.8 Å². The number of imide groups is 1. The van der Waals surface area contributed by atoms with Gasteiger partial charge < -0.3 is 5.32 Å². The van der Waals surface area contributed by atoms with Crippen LogP contribution >= 0.6 is 12.8 Å². The highest BCUT2D eigenvalue weighted by Crippen LogP contribution is 2.11. The third kappa shape index (κ3) is 0.977. The van der Waals surface area contributed by atoms with Crippen molar-refractivity contribution in [3.05, 3.63) is 0 Å². The predicted molar refractivity (Wildman–Crippen MR) is 43.1 cm³/mol. The van der Waals surface area contributed by atoms with Gasteiger partial charge in [-0.2, -0.15) is 0 Å². The average molecular weight is 188 g/mol. The zero-order chi connectivity index (χ0) is 8.72. The summed E-state index contributed by atoms with van der Waals surface area (Å²) in [6.45, 7) is 0.517. The first-order valence-electron chi connectivity index (χ1n) is 3.50. The van der Waals surface area contributed by atoms with E-state index in [2.05, 4.69) is 28.8 Å². The van der Waals surface area contributed by atoms with E-state index in [-0.39, 0.29) is 18.1 Å². The van der Waals surface area contributed by atoms with E-state index in [0.29, 0.717) is 6.67 Å². The normalized spacial score (nSPS) is 34.9. The lowest BCUT2D eigenvalue weighted by Gasteiger charge is -2.29. The molecule has 0 bridgehead atoms. The van der Waals surface area contributed by atoms with E-state index in [1.807, 2.05) is 0 Å². The lowest BCUT2D eigenvalue weighted by atomic mass is 10.2. The van der Waals surface area contributed by atoms with Gasteiger partial charge in [0, 0.05) is 6.67 Å². The standard InChI is InChI=1S/C5H8N4O2S/c10-4-2-3(7-1-6-2)8-5(11)9(4)12/h2-3,6-7,12H,1H2,(H,8,11). The molecule has 0 spiro atoms. The predicted octanol–water partition coefficient (Wildman–Crippen LogP) is -1.77. The molecule has 2 rings (SSSR count). The van der Waals surface area contributed by atoms with Crippen molar-refractivity contribution in [2.75, 3.05) is 6.67 Å². The van der Waals surface area contributed by atoms with E-state index in [9.17, 15) is 9.59 Å². The van der Waals surface area contributed by atoms with Crippen molar-refractivity contribution < 1.29 is 9.59 Å². The average Bonchev–Trinajstić information content (AvgIpc) is 2.48. The molecular formula is C5H8N4O2S. The van der Waals surface area contributed by atoms with Crippen LogP contribution in [0.2, 0.25) is 0 Å². The maximum absolute atomic E-state index is 11.3. The largest absolute Gasteiger partial charge is 0.335 e. The van der Waals surface area contributed by atoms with Crippen LogP contribution in [0, 0.1) is 0 Å². The third-order valence-corrected chi connectivity index (χ3v) is 2.30. The summed E-state index contributed by atoms with van der Waals surface area (Å²) in [5, 5.41) is 8.38. The first kappa shape index (κ1) is 7.84. The molecule has 0 aromatic carbocycles. The molecule has 3 N–H and O–H groups in total. The van der Waals surface area contributed by atoms with E-state index in [1.165, 1.54) is 0 Å². The number of urea groups is 1. The van der Waals surface area contributed by atoms with E-state index < -0.39 is 6.03 Å². The summed E-state index contributed by atoms with van der Waals surface area (Å²) in [7, 11) is 0. The minimum absolute atomic E-state index is 0.298. The highest BCUT2D eigenvalue weighted by molar-refractivity contribution is 7.79. The molecule has 6 nitrogen and oxygen atoms in total. The number of amides is 3. The second-order valence-corrected chi connectivity index (χ2v) is 3.04. The molecule has 0 aliphatic carbocycles. The minimum atomic E-state index is -0.485. The Hall–Kier alpha value is -0.790. The van der Waals surface area contributed by atoms with Gasteiger partial charge in [-0.25, -0.2) is 9.10 Å². The summed E-state index contributed by atoms with van der Waals surface area (Å²) in [6.07, 6.45) is -0.298. The second kappa shape index (κ2) is 2.61. The van der Waals surface area contributed by atoms with Crippen LogP contribution in [0.3, 0.4) is 0 Å². The van der Waals surface area contributed by atoms with Crippen LogP contribution in [-0.4, -0.2) is 35.1 Å². The van der Waals surface area contributed by atoms with Crippen LogP contribution in [-0.2, 0) is 4.79 Å². The molecule has 0 radical (unpaired) electrons. The maximum Gasteiger partial charge on any atom is 0.335 e. The Kier molecular flexibility index (Phi) is 1.71. The second-order valence-electron chi connectivity index (χ2n) is 2.64. The van der Waals surface area contributed by atoms with Crippen LogP contribution in [0.4, 0.5) is 4.79 Å². The van der Waals surface area contributed by atoms with Gasteiger partial charge in [0.25, 0.3) is 5.91 Å². The Labute approximate surface area is 74.2 Å². The highest BCUT2D eigenvalue weighted by Gasteiger charge is 2.42. The Morgan fingerprint density at radius 2 is 2.17 bits per heavy atom. The van der Waals surface area contributed by atoms with Crippen molar-refractivity contribution in [1.82, 2.24) is 20.3 Å². The topological polar surface area (TPSA) is 73.5 Å². The smallest absolute Gasteiger partial charge is 0.319 e. The van der Waals surface area contributed by atoms with Crippen LogP contribution in [0.5, 0.6) is 0 Å². The number of rotatable bonds is 0. The molecular weight excluding hydrogens is 180 g/mol. The van der Waals surface area contributed by atoms with Crippen molar-refractivity contribution in [3.63, 3.8) is 0 Å². The van der Waals surface area contributed by atoms with Crippen molar-refractivity contribution in [2.45, 2.75) is 12.2 Å². The Bertz CT molecular complexity index is 246. The monoisotopic (exact) mass is 188 g/mol. The molecule has 2 atom stereocenters. The van der Waals surface area contributed by atoms with Gasteiger partial charge in [-0.1, -0.05) is 12.8 Å². The fourth-order valence-electron chi connectivity index (χ4n) is 1.30. The Morgan fingerprint density at radius 3 is 2.92 bits per heavy atom. The van der Waals surface area contributed by atoms with E-state index in [4.69, 9.17) is 0 Å². The molecule has 2 fully saturated rings. The molecule has 2 aliphatic heterocycles. The maximum atomic E-state index is 11.3. The SMILES string of the molecule is O=C1NC2NCNC2C(=O)N1S. The summed E-state index contributed by atoms with van der Waals surface area (Å²) in [6, 6.07) is -0.874. The Balaban J connectivity index is 2.21. The number of hydrogen-bond donors (Lipinski definition) is 4. The lowest BCUT2D eigenvalue weighted by molar-refractivity contribution is -0.127. The molecule has 66 valence electrons. The number of fused-ring (bicyclic) bond motifs is 1. The molecule has 2 unspecified atom stereocenters. The minimum Gasteiger partial charge on any atom is -0.319 e. The van der Waals surface area contributed by atoms with Crippen LogP contribution in [0.15, 0.2) is 0 Å². The lowest BCUT2D eigenvalue weighted by Crippen LogP contribution is -2.63. The first-order chi connectivity index (χ1) is 5.70. The van der Waals surface area contributed by atoms with Crippen molar-refractivity contribution in [3.8, 4) is 0 Å². The molecule has 0 aromatic rings. The van der Waals surface area contributed by atoms with E-state index >= 15 is 0 Å². The fraction of sp³-hybridized carbons (Fsp3) is 0.600. The van der Waals surface area contributed by atoms with Gasteiger partial charge in [0.1, 0.15) is 12.2 Å². The molecule has 2 heterocycles. The summed E-state index contributed by atoms with van der Waals surface area (Å²) in [5.41, 5.74) is 0. The van der Waals surface area contributed by atoms with Crippen molar-refractivity contribution in [2.24, 2.45) is 0 Å². The van der Waals surface area contributed by atoms with Crippen LogP contribution < -0.4 is 16.0 Å². The molecule has 3 amide bonds. The summed E-state index contributed by atoms with van der Waals surface area (Å²) < 4.78 is 0.779. The van der Waals surface area contributed by atoms with Gasteiger partial charge in [0.2, 0.25) is 0 Å².